The molecule has 5 heteroatoms. The minimum Gasteiger partial charge on any atom is -0.389 e. The van der Waals surface area contributed by atoms with Crippen LogP contribution in [-0.2, 0) is 0 Å². The van der Waals surface area contributed by atoms with Gasteiger partial charge in [0.25, 0.3) is 0 Å². The van der Waals surface area contributed by atoms with Gasteiger partial charge in [-0.2, -0.15) is 11.8 Å². The Labute approximate surface area is 105 Å². The number of halogens is 1. The molecule has 16 heavy (non-hydrogen) atoms. The van der Waals surface area contributed by atoms with E-state index in [1.807, 2.05) is 0 Å². The topological polar surface area (TPSA) is 38.0 Å². The van der Waals surface area contributed by atoms with Crippen molar-refractivity contribution in [1.29, 1.82) is 0 Å². The maximum absolute atomic E-state index is 13.5. The van der Waals surface area contributed by atoms with Crippen LogP contribution in [0.4, 0.5) is 10.1 Å². The zero-order chi connectivity index (χ0) is 12.0. The fourth-order valence-corrected chi connectivity index (χ4v) is 1.87. The molecule has 0 saturated carbocycles. The van der Waals surface area contributed by atoms with Gasteiger partial charge in [-0.15, -0.1) is 0 Å². The molecule has 0 atom stereocenters. The lowest BCUT2D eigenvalue weighted by molar-refractivity contribution is 0.626. The predicted molar refractivity (Wildman–Crippen MR) is 73.8 cm³/mol. The van der Waals surface area contributed by atoms with E-state index in [1.165, 1.54) is 6.07 Å². The lowest BCUT2D eigenvalue weighted by Gasteiger charge is -2.07. The Morgan fingerprint density at radius 3 is 2.88 bits per heavy atom. The molecule has 0 aromatic heterocycles. The Hall–Kier alpha value is -0.810. The summed E-state index contributed by atoms with van der Waals surface area (Å²) in [7, 11) is 0. The number of nitrogens with one attached hydrogen (secondary N) is 1. The third kappa shape index (κ3) is 3.98. The van der Waals surface area contributed by atoms with E-state index < -0.39 is 0 Å². The average molecular weight is 258 g/mol. The van der Waals surface area contributed by atoms with Crippen LogP contribution < -0.4 is 11.1 Å². The molecule has 0 heterocycles. The van der Waals surface area contributed by atoms with Crippen molar-refractivity contribution >= 4 is 34.7 Å². The minimum absolute atomic E-state index is 0.0893. The van der Waals surface area contributed by atoms with Gasteiger partial charge in [0.2, 0.25) is 0 Å². The second-order valence-corrected chi connectivity index (χ2v) is 4.76. The third-order valence-corrected chi connectivity index (χ3v) is 3.01. The lowest BCUT2D eigenvalue weighted by Crippen LogP contribution is -2.12. The first-order chi connectivity index (χ1) is 7.65. The highest BCUT2D eigenvalue weighted by Gasteiger charge is 2.05. The Kier molecular flexibility index (Phi) is 5.55. The third-order valence-electron chi connectivity index (χ3n) is 2.09. The van der Waals surface area contributed by atoms with Crippen molar-refractivity contribution in [2.75, 3.05) is 23.9 Å². The Balaban J connectivity index is 2.56. The molecule has 0 radical (unpaired) electrons. The summed E-state index contributed by atoms with van der Waals surface area (Å²) < 4.78 is 13.5. The zero-order valence-electron chi connectivity index (χ0n) is 9.13. The number of thioether (sulfide) groups is 1. The van der Waals surface area contributed by atoms with Crippen LogP contribution in [0.5, 0.6) is 0 Å². The van der Waals surface area contributed by atoms with Crippen LogP contribution in [0.15, 0.2) is 18.2 Å². The van der Waals surface area contributed by atoms with Crippen molar-refractivity contribution in [3.63, 3.8) is 0 Å². The minimum atomic E-state index is -0.373. The van der Waals surface area contributed by atoms with Crippen LogP contribution in [0.25, 0.3) is 0 Å². The van der Waals surface area contributed by atoms with E-state index >= 15 is 0 Å². The number of benzene rings is 1. The van der Waals surface area contributed by atoms with Crippen LogP contribution in [0, 0.1) is 5.82 Å². The number of thiocarbonyl (C=S) groups is 1. The summed E-state index contributed by atoms with van der Waals surface area (Å²) in [6, 6.07) is 4.82. The molecule has 0 bridgehead atoms. The van der Waals surface area contributed by atoms with Crippen molar-refractivity contribution in [2.24, 2.45) is 5.73 Å². The summed E-state index contributed by atoms with van der Waals surface area (Å²) in [6.07, 6.45) is 3.12. The molecule has 1 rings (SSSR count). The van der Waals surface area contributed by atoms with Crippen LogP contribution in [-0.4, -0.2) is 23.5 Å². The summed E-state index contributed by atoms with van der Waals surface area (Å²) in [5.41, 5.74) is 6.43. The van der Waals surface area contributed by atoms with Gasteiger partial charge in [-0.3, -0.25) is 0 Å². The maximum atomic E-state index is 13.5. The molecular formula is C11H15FN2S2. The van der Waals surface area contributed by atoms with Gasteiger partial charge in [0.15, 0.2) is 0 Å². The van der Waals surface area contributed by atoms with E-state index in [0.717, 1.165) is 24.4 Å². The molecule has 3 N–H and O–H groups in total. The van der Waals surface area contributed by atoms with E-state index in [-0.39, 0.29) is 10.8 Å². The normalized spacial score (nSPS) is 10.1. The summed E-state index contributed by atoms with van der Waals surface area (Å²) in [4.78, 5) is 0.0893. The molecule has 0 aliphatic rings. The van der Waals surface area contributed by atoms with Gasteiger partial charge in [-0.1, -0.05) is 12.2 Å². The first-order valence-corrected chi connectivity index (χ1v) is 6.77. The summed E-state index contributed by atoms with van der Waals surface area (Å²) in [5.74, 6) is 0.725. The summed E-state index contributed by atoms with van der Waals surface area (Å²) >= 11 is 6.53. The van der Waals surface area contributed by atoms with Crippen molar-refractivity contribution in [3.8, 4) is 0 Å². The standard InChI is InChI=1S/C11H15FN2S2/c1-16-6-2-5-14-8-3-4-9(11(13)15)10(12)7-8/h3-4,7,14H,2,5-6H2,1H3,(H2,13,15). The highest BCUT2D eigenvalue weighted by atomic mass is 32.2. The van der Waals surface area contributed by atoms with E-state index in [9.17, 15) is 4.39 Å². The van der Waals surface area contributed by atoms with Crippen LogP contribution in [0.1, 0.15) is 12.0 Å². The molecule has 1 aromatic carbocycles. The molecule has 0 fully saturated rings. The number of anilines is 1. The van der Waals surface area contributed by atoms with E-state index in [4.69, 9.17) is 18.0 Å². The molecule has 0 amide bonds. The highest BCUT2D eigenvalue weighted by Crippen LogP contribution is 2.14. The monoisotopic (exact) mass is 258 g/mol. The van der Waals surface area contributed by atoms with E-state index in [1.54, 1.807) is 23.9 Å². The molecule has 0 saturated heterocycles. The van der Waals surface area contributed by atoms with Gasteiger partial charge in [0, 0.05) is 17.8 Å². The van der Waals surface area contributed by atoms with Crippen molar-refractivity contribution in [3.05, 3.63) is 29.6 Å². The summed E-state index contributed by atoms with van der Waals surface area (Å²) in [5, 5.41) is 3.15. The molecule has 2 nitrogen and oxygen atoms in total. The lowest BCUT2D eigenvalue weighted by atomic mass is 10.2. The van der Waals surface area contributed by atoms with Gasteiger partial charge in [0.1, 0.15) is 10.8 Å². The molecule has 88 valence electrons. The fraction of sp³-hybridized carbons (Fsp3) is 0.364. The predicted octanol–water partition coefficient (Wildman–Crippen LogP) is 2.62. The van der Waals surface area contributed by atoms with E-state index in [0.29, 0.717) is 5.56 Å². The van der Waals surface area contributed by atoms with Crippen LogP contribution in [0.2, 0.25) is 0 Å². The van der Waals surface area contributed by atoms with Crippen molar-refractivity contribution in [1.82, 2.24) is 0 Å². The molecular weight excluding hydrogens is 243 g/mol. The number of rotatable bonds is 6. The molecule has 0 aliphatic carbocycles. The SMILES string of the molecule is CSCCCNc1ccc(C(N)=S)c(F)c1. The van der Waals surface area contributed by atoms with Crippen molar-refractivity contribution < 1.29 is 4.39 Å². The Morgan fingerprint density at radius 2 is 2.31 bits per heavy atom. The molecule has 0 spiro atoms. The molecule has 0 unspecified atom stereocenters. The second kappa shape index (κ2) is 6.70. The Morgan fingerprint density at radius 1 is 1.56 bits per heavy atom. The number of hydrogen-bond acceptors (Lipinski definition) is 3. The quantitative estimate of drug-likeness (QED) is 0.607. The highest BCUT2D eigenvalue weighted by molar-refractivity contribution is 7.98. The zero-order valence-corrected chi connectivity index (χ0v) is 10.8. The fourth-order valence-electron chi connectivity index (χ4n) is 1.27. The number of nitrogens with two attached hydrogens (primary N) is 1. The van der Waals surface area contributed by atoms with Gasteiger partial charge in [-0.25, -0.2) is 4.39 Å². The van der Waals surface area contributed by atoms with Gasteiger partial charge >= 0.3 is 0 Å². The first kappa shape index (κ1) is 13.3. The Bertz CT molecular complexity index is 369. The maximum Gasteiger partial charge on any atom is 0.135 e. The largest absolute Gasteiger partial charge is 0.389 e. The average Bonchev–Trinajstić information content (AvgIpc) is 2.24. The second-order valence-electron chi connectivity index (χ2n) is 3.33. The first-order valence-electron chi connectivity index (χ1n) is 4.97. The molecule has 0 aliphatic heterocycles. The van der Waals surface area contributed by atoms with E-state index in [2.05, 4.69) is 11.6 Å². The van der Waals surface area contributed by atoms with Gasteiger partial charge in [0.05, 0.1) is 0 Å². The van der Waals surface area contributed by atoms with Crippen molar-refractivity contribution in [2.45, 2.75) is 6.42 Å². The molecule has 1 aromatic rings. The van der Waals surface area contributed by atoms with Crippen LogP contribution in [0.3, 0.4) is 0 Å². The smallest absolute Gasteiger partial charge is 0.135 e. The van der Waals surface area contributed by atoms with Gasteiger partial charge < -0.3 is 11.1 Å². The summed E-state index contributed by atoms with van der Waals surface area (Å²) in [6.45, 7) is 0.840. The van der Waals surface area contributed by atoms with Crippen LogP contribution >= 0.6 is 24.0 Å². The number of hydrogen-bond donors (Lipinski definition) is 2. The van der Waals surface area contributed by atoms with Gasteiger partial charge in [-0.05, 0) is 36.6 Å².